The van der Waals surface area contributed by atoms with E-state index in [2.05, 4.69) is 33.4 Å². The zero-order valence-electron chi connectivity index (χ0n) is 15.0. The zero-order chi connectivity index (χ0) is 18.9. The number of hydrogen-bond donors (Lipinski definition) is 1. The van der Waals surface area contributed by atoms with Crippen molar-refractivity contribution >= 4 is 39.3 Å². The normalized spacial score (nSPS) is 35.3. The Morgan fingerprint density at radius 1 is 1.15 bits per heavy atom. The molecule has 0 spiro atoms. The van der Waals surface area contributed by atoms with Crippen molar-refractivity contribution in [3.8, 4) is 0 Å². The van der Waals surface area contributed by atoms with E-state index in [-0.39, 0.29) is 47.9 Å². The van der Waals surface area contributed by atoms with Crippen molar-refractivity contribution in [3.63, 3.8) is 0 Å². The predicted octanol–water partition coefficient (Wildman–Crippen LogP) is 3.00. The molecule has 5 aliphatic rings. The monoisotopic (exact) mass is 428 g/mol. The number of imide groups is 1. The minimum absolute atomic E-state index is 0.156. The predicted molar refractivity (Wildman–Crippen MR) is 104 cm³/mol. The second-order valence-electron chi connectivity index (χ2n) is 8.12. The van der Waals surface area contributed by atoms with Crippen LogP contribution in [0.25, 0.3) is 0 Å². The van der Waals surface area contributed by atoms with Crippen LogP contribution >= 0.6 is 15.9 Å². The summed E-state index contributed by atoms with van der Waals surface area (Å²) in [4.78, 5) is 39.7. The van der Waals surface area contributed by atoms with Gasteiger partial charge in [0.1, 0.15) is 6.54 Å². The molecule has 1 heterocycles. The van der Waals surface area contributed by atoms with Crippen LogP contribution in [-0.2, 0) is 20.8 Å². The maximum atomic E-state index is 12.9. The fourth-order valence-corrected chi connectivity index (χ4v) is 5.89. The molecule has 2 saturated carbocycles. The lowest BCUT2D eigenvalue weighted by atomic mass is 9.63. The Morgan fingerprint density at radius 3 is 2.37 bits per heavy atom. The third kappa shape index (κ3) is 2.53. The van der Waals surface area contributed by atoms with Crippen molar-refractivity contribution in [1.82, 2.24) is 4.90 Å². The standard InChI is InChI=1S/C21H21BrN2O3/c1-2-10-7-11(22)3-6-16(10)23-17(25)9-24-20(26)18-12-4-5-13(15-8-14(12)15)19(18)21(24)27/h3-7,12-15,18-19H,2,8-9H2,1H3,(H,23,25)/t12-,13-,14-,15-,18-,19+/m0/s1. The number of hydrogen-bond acceptors (Lipinski definition) is 3. The van der Waals surface area contributed by atoms with E-state index in [1.807, 2.05) is 25.1 Å². The number of nitrogens with zero attached hydrogens (tertiary/aromatic N) is 1. The summed E-state index contributed by atoms with van der Waals surface area (Å²) < 4.78 is 0.952. The van der Waals surface area contributed by atoms with E-state index < -0.39 is 0 Å². The lowest BCUT2D eigenvalue weighted by Crippen LogP contribution is -2.40. The van der Waals surface area contributed by atoms with Crippen LogP contribution in [0.3, 0.4) is 0 Å². The van der Waals surface area contributed by atoms with Gasteiger partial charge in [0.25, 0.3) is 0 Å². The number of allylic oxidation sites excluding steroid dienone is 2. The van der Waals surface area contributed by atoms with Gasteiger partial charge in [-0.05, 0) is 60.3 Å². The first kappa shape index (κ1) is 17.2. The summed E-state index contributed by atoms with van der Waals surface area (Å²) in [6.07, 6.45) is 6.20. The molecule has 140 valence electrons. The molecule has 6 rings (SSSR count). The van der Waals surface area contributed by atoms with Gasteiger partial charge in [0.2, 0.25) is 17.7 Å². The number of halogens is 1. The Bertz CT molecular complexity index is 859. The Morgan fingerprint density at radius 2 is 1.78 bits per heavy atom. The largest absolute Gasteiger partial charge is 0.324 e. The number of benzene rings is 1. The number of carbonyl (C=O) groups excluding carboxylic acids is 3. The van der Waals surface area contributed by atoms with Crippen LogP contribution in [0.1, 0.15) is 18.9 Å². The second-order valence-corrected chi connectivity index (χ2v) is 9.04. The average Bonchev–Trinajstić information content (AvgIpc) is 3.44. The van der Waals surface area contributed by atoms with E-state index >= 15 is 0 Å². The molecule has 27 heavy (non-hydrogen) atoms. The number of likely N-dealkylation sites (tertiary alicyclic amines) is 1. The molecule has 0 aromatic heterocycles. The number of anilines is 1. The molecule has 4 aliphatic carbocycles. The van der Waals surface area contributed by atoms with Crippen molar-refractivity contribution in [2.75, 3.05) is 11.9 Å². The Labute approximate surface area is 166 Å². The molecule has 1 aromatic carbocycles. The van der Waals surface area contributed by atoms with Gasteiger partial charge in [0.05, 0.1) is 11.8 Å². The van der Waals surface area contributed by atoms with Crippen LogP contribution in [0.4, 0.5) is 5.69 Å². The summed E-state index contributed by atoms with van der Waals surface area (Å²) in [6.45, 7) is 1.82. The summed E-state index contributed by atoms with van der Waals surface area (Å²) in [7, 11) is 0. The molecule has 3 fully saturated rings. The van der Waals surface area contributed by atoms with Crippen molar-refractivity contribution in [1.29, 1.82) is 0 Å². The zero-order valence-corrected chi connectivity index (χ0v) is 16.6. The first-order valence-electron chi connectivity index (χ1n) is 9.61. The van der Waals surface area contributed by atoms with E-state index in [0.717, 1.165) is 28.6 Å². The van der Waals surface area contributed by atoms with Crippen LogP contribution in [0, 0.1) is 35.5 Å². The summed E-state index contributed by atoms with van der Waals surface area (Å²) in [5.41, 5.74) is 1.73. The van der Waals surface area contributed by atoms with Gasteiger partial charge in [0, 0.05) is 10.2 Å². The average molecular weight is 429 g/mol. The van der Waals surface area contributed by atoms with Gasteiger partial charge >= 0.3 is 0 Å². The molecular weight excluding hydrogens is 408 g/mol. The Balaban J connectivity index is 1.33. The highest BCUT2D eigenvalue weighted by Gasteiger charge is 2.67. The van der Waals surface area contributed by atoms with Gasteiger partial charge in [-0.2, -0.15) is 0 Å². The molecular formula is C21H21BrN2O3. The van der Waals surface area contributed by atoms with E-state index in [9.17, 15) is 14.4 Å². The minimum atomic E-state index is -0.321. The second kappa shape index (κ2) is 6.03. The van der Waals surface area contributed by atoms with Crippen LogP contribution in [-0.4, -0.2) is 29.2 Å². The highest BCUT2D eigenvalue weighted by atomic mass is 79.9. The van der Waals surface area contributed by atoms with Gasteiger partial charge in [-0.3, -0.25) is 19.3 Å². The molecule has 6 atom stereocenters. The number of amides is 3. The maximum Gasteiger partial charge on any atom is 0.244 e. The minimum Gasteiger partial charge on any atom is -0.324 e. The van der Waals surface area contributed by atoms with Crippen LogP contribution < -0.4 is 5.32 Å². The van der Waals surface area contributed by atoms with Gasteiger partial charge in [-0.25, -0.2) is 0 Å². The summed E-state index contributed by atoms with van der Waals surface area (Å²) >= 11 is 3.43. The number of aryl methyl sites for hydroxylation is 1. The highest BCUT2D eigenvalue weighted by molar-refractivity contribution is 9.10. The topological polar surface area (TPSA) is 66.5 Å². The van der Waals surface area contributed by atoms with E-state index in [0.29, 0.717) is 11.8 Å². The van der Waals surface area contributed by atoms with Gasteiger partial charge in [-0.15, -0.1) is 0 Å². The van der Waals surface area contributed by atoms with Gasteiger partial charge in [0.15, 0.2) is 0 Å². The van der Waals surface area contributed by atoms with Crippen molar-refractivity contribution < 1.29 is 14.4 Å². The molecule has 5 nitrogen and oxygen atoms in total. The summed E-state index contributed by atoms with van der Waals surface area (Å²) in [5.74, 6) is 0.389. The fraction of sp³-hybridized carbons (Fsp3) is 0.476. The fourth-order valence-electron chi connectivity index (χ4n) is 5.48. The van der Waals surface area contributed by atoms with E-state index in [4.69, 9.17) is 0 Å². The Hall–Kier alpha value is -1.95. The number of rotatable bonds is 4. The molecule has 3 amide bonds. The molecule has 1 aliphatic heterocycles. The molecule has 0 unspecified atom stereocenters. The SMILES string of the molecule is CCc1cc(Br)ccc1NC(=O)CN1C(=O)[C@@H]2[C@H]3C=C[C@@H]([C@@H]4C[C@@H]34)[C@@H]2C1=O. The van der Waals surface area contributed by atoms with Crippen molar-refractivity contribution in [3.05, 3.63) is 40.4 Å². The van der Waals surface area contributed by atoms with Crippen LogP contribution in [0.15, 0.2) is 34.8 Å². The quantitative estimate of drug-likeness (QED) is 0.591. The van der Waals surface area contributed by atoms with Gasteiger partial charge < -0.3 is 5.32 Å². The molecule has 1 aromatic rings. The van der Waals surface area contributed by atoms with Crippen molar-refractivity contribution in [2.45, 2.75) is 19.8 Å². The van der Waals surface area contributed by atoms with E-state index in [1.54, 1.807) is 0 Å². The number of nitrogens with one attached hydrogen (secondary N) is 1. The van der Waals surface area contributed by atoms with Gasteiger partial charge in [-0.1, -0.05) is 35.0 Å². The molecule has 1 N–H and O–H groups in total. The number of carbonyl (C=O) groups is 3. The van der Waals surface area contributed by atoms with E-state index in [1.165, 1.54) is 4.90 Å². The molecule has 6 heteroatoms. The van der Waals surface area contributed by atoms with Crippen LogP contribution in [0.5, 0.6) is 0 Å². The molecule has 0 radical (unpaired) electrons. The van der Waals surface area contributed by atoms with Crippen LogP contribution in [0.2, 0.25) is 0 Å². The lowest BCUT2D eigenvalue weighted by molar-refractivity contribution is -0.142. The first-order valence-corrected chi connectivity index (χ1v) is 10.4. The third-order valence-corrected chi connectivity index (χ3v) is 7.27. The summed E-state index contributed by atoms with van der Waals surface area (Å²) in [5, 5.41) is 2.87. The Kier molecular flexibility index (Phi) is 3.83. The highest BCUT2D eigenvalue weighted by Crippen LogP contribution is 2.65. The smallest absolute Gasteiger partial charge is 0.244 e. The maximum absolute atomic E-state index is 12.9. The third-order valence-electron chi connectivity index (χ3n) is 6.78. The van der Waals surface area contributed by atoms with Crippen molar-refractivity contribution in [2.24, 2.45) is 35.5 Å². The first-order chi connectivity index (χ1) is 13.0. The lowest BCUT2D eigenvalue weighted by Gasteiger charge is -2.37. The molecule has 2 bridgehead atoms. The molecule has 1 saturated heterocycles. The summed E-state index contributed by atoms with van der Waals surface area (Å²) in [6, 6.07) is 5.67.